The maximum absolute atomic E-state index is 11.9. The predicted molar refractivity (Wildman–Crippen MR) is 69.8 cm³/mol. The van der Waals surface area contributed by atoms with Crippen molar-refractivity contribution < 1.29 is 9.31 Å². The number of carbonyl (C=O) groups is 1. The van der Waals surface area contributed by atoms with E-state index in [-0.39, 0.29) is 5.91 Å². The first-order valence-electron chi connectivity index (χ1n) is 6.17. The number of fused-ring (bicyclic) bond motifs is 3. The molecule has 0 spiro atoms. The number of hydrogen-bond acceptors (Lipinski definition) is 1. The van der Waals surface area contributed by atoms with Crippen LogP contribution < -0.4 is 4.52 Å². The van der Waals surface area contributed by atoms with Gasteiger partial charge in [-0.2, -0.15) is 4.57 Å². The molecule has 0 amide bonds. The van der Waals surface area contributed by atoms with Gasteiger partial charge in [-0.1, -0.05) is 12.1 Å². The first-order chi connectivity index (χ1) is 8.65. The Morgan fingerprint density at radius 1 is 1.33 bits per heavy atom. The van der Waals surface area contributed by atoms with Crippen LogP contribution >= 0.6 is 0 Å². The molecule has 4 heteroatoms. The highest BCUT2D eigenvalue weighted by Gasteiger charge is 2.25. The summed E-state index contributed by atoms with van der Waals surface area (Å²) >= 11 is 0. The largest absolute Gasteiger partial charge is 0.315 e. The van der Waals surface area contributed by atoms with Crippen molar-refractivity contribution in [1.29, 1.82) is 0 Å². The number of rotatable bonds is 1. The molecule has 2 aromatic heterocycles. The van der Waals surface area contributed by atoms with Crippen LogP contribution in [0.3, 0.4) is 0 Å². The summed E-state index contributed by atoms with van der Waals surface area (Å²) < 4.78 is 6.07. The number of imidazole rings is 1. The molecule has 2 heterocycles. The summed E-state index contributed by atoms with van der Waals surface area (Å²) in [6.07, 6.45) is 0. The minimum absolute atomic E-state index is 0.0435. The lowest BCUT2D eigenvalue weighted by Gasteiger charge is -1.98. The Hall–Kier alpha value is -2.10. The second kappa shape index (κ2) is 3.70. The van der Waals surface area contributed by atoms with Crippen LogP contribution in [0.5, 0.6) is 0 Å². The molecule has 0 fully saturated rings. The molecular formula is C14H16N3O+. The average molecular weight is 242 g/mol. The number of nitrogens with zero attached hydrogens (tertiary/aromatic N) is 3. The zero-order valence-corrected chi connectivity index (χ0v) is 10.8. The van der Waals surface area contributed by atoms with E-state index >= 15 is 0 Å². The molecule has 0 bridgehead atoms. The van der Waals surface area contributed by atoms with E-state index in [0.717, 1.165) is 28.9 Å². The minimum Gasteiger partial charge on any atom is -0.247 e. The first kappa shape index (κ1) is 11.0. The smallest absolute Gasteiger partial charge is 0.247 e. The summed E-state index contributed by atoms with van der Waals surface area (Å²) in [6.45, 7) is 6.66. The molecule has 0 radical (unpaired) electrons. The van der Waals surface area contributed by atoms with Crippen LogP contribution in [0.1, 0.15) is 24.3 Å². The molecule has 92 valence electrons. The van der Waals surface area contributed by atoms with Crippen LogP contribution in [-0.2, 0) is 6.54 Å². The topological polar surface area (TPSA) is 31.0 Å². The molecule has 18 heavy (non-hydrogen) atoms. The maximum atomic E-state index is 11.9. The molecule has 0 saturated heterocycles. The maximum Gasteiger partial charge on any atom is 0.315 e. The molecule has 0 aliphatic carbocycles. The van der Waals surface area contributed by atoms with Gasteiger partial charge in [0, 0.05) is 6.92 Å². The third-order valence-corrected chi connectivity index (χ3v) is 3.40. The Balaban J connectivity index is 2.61. The van der Waals surface area contributed by atoms with Gasteiger partial charge < -0.3 is 0 Å². The van der Waals surface area contributed by atoms with Crippen molar-refractivity contribution in [2.24, 2.45) is 0 Å². The van der Waals surface area contributed by atoms with Gasteiger partial charge in [0.05, 0.1) is 18.3 Å². The van der Waals surface area contributed by atoms with Crippen LogP contribution in [0, 0.1) is 6.92 Å². The van der Waals surface area contributed by atoms with Gasteiger partial charge in [-0.25, -0.2) is 9.48 Å². The van der Waals surface area contributed by atoms with Crippen molar-refractivity contribution in [2.75, 3.05) is 0 Å². The monoisotopic (exact) mass is 242 g/mol. The third kappa shape index (κ3) is 1.26. The van der Waals surface area contributed by atoms with E-state index in [0.29, 0.717) is 0 Å². The SMILES string of the molecule is CCn1c(C)cc2n(C(C)=O)c3ccccc3[n+]21. The molecule has 4 nitrogen and oxygen atoms in total. The van der Waals surface area contributed by atoms with Gasteiger partial charge in [0.1, 0.15) is 0 Å². The molecule has 0 N–H and O–H groups in total. The summed E-state index contributed by atoms with van der Waals surface area (Å²) in [4.78, 5) is 11.9. The summed E-state index contributed by atoms with van der Waals surface area (Å²) in [7, 11) is 0. The Kier molecular flexibility index (Phi) is 2.26. The third-order valence-electron chi connectivity index (χ3n) is 3.40. The Morgan fingerprint density at radius 3 is 2.72 bits per heavy atom. The van der Waals surface area contributed by atoms with Crippen molar-refractivity contribution >= 4 is 22.6 Å². The highest BCUT2D eigenvalue weighted by molar-refractivity contribution is 5.91. The van der Waals surface area contributed by atoms with Gasteiger partial charge >= 0.3 is 11.6 Å². The van der Waals surface area contributed by atoms with Crippen molar-refractivity contribution in [1.82, 2.24) is 9.25 Å². The molecule has 0 aliphatic rings. The standard InChI is InChI=1S/C14H16N3O/c1-4-15-10(2)9-14-16(11(3)18)12-7-5-6-8-13(12)17(14)15/h5-9H,4H2,1-3H3/q+1. The van der Waals surface area contributed by atoms with Gasteiger partial charge in [0.15, 0.2) is 5.52 Å². The van der Waals surface area contributed by atoms with Gasteiger partial charge in [-0.3, -0.25) is 0 Å². The van der Waals surface area contributed by atoms with Crippen LogP contribution in [-0.4, -0.2) is 15.2 Å². The summed E-state index contributed by atoms with van der Waals surface area (Å²) in [5, 5.41) is 0. The second-order valence-electron chi connectivity index (χ2n) is 4.51. The van der Waals surface area contributed by atoms with Crippen LogP contribution in [0.15, 0.2) is 30.3 Å². The molecule has 0 atom stereocenters. The van der Waals surface area contributed by atoms with Gasteiger partial charge in [0.2, 0.25) is 5.52 Å². The van der Waals surface area contributed by atoms with Crippen molar-refractivity contribution in [3.05, 3.63) is 36.0 Å². The number of carbonyl (C=O) groups excluding carboxylic acids is 1. The van der Waals surface area contributed by atoms with E-state index in [1.54, 1.807) is 11.5 Å². The Bertz CT molecular complexity index is 764. The minimum atomic E-state index is 0.0435. The van der Waals surface area contributed by atoms with Crippen LogP contribution in [0.4, 0.5) is 0 Å². The molecule has 0 saturated carbocycles. The number of para-hydroxylation sites is 2. The van der Waals surface area contributed by atoms with Crippen molar-refractivity contribution in [2.45, 2.75) is 27.3 Å². The van der Waals surface area contributed by atoms with Crippen molar-refractivity contribution in [3.63, 3.8) is 0 Å². The summed E-state index contributed by atoms with van der Waals surface area (Å²) in [5.74, 6) is 0.0435. The summed E-state index contributed by atoms with van der Waals surface area (Å²) in [6, 6.07) is 10.1. The fourth-order valence-electron chi connectivity index (χ4n) is 2.69. The van der Waals surface area contributed by atoms with E-state index < -0.39 is 0 Å². The normalized spacial score (nSPS) is 11.5. The predicted octanol–water partition coefficient (Wildman–Crippen LogP) is 2.17. The van der Waals surface area contributed by atoms with Gasteiger partial charge in [0.25, 0.3) is 0 Å². The van der Waals surface area contributed by atoms with Gasteiger partial charge in [-0.15, -0.1) is 4.52 Å². The lowest BCUT2D eigenvalue weighted by atomic mass is 10.3. The summed E-state index contributed by atoms with van der Waals surface area (Å²) in [5.41, 5.74) is 4.12. The molecule has 0 aliphatic heterocycles. The number of aryl methyl sites for hydroxylation is 2. The van der Waals surface area contributed by atoms with Crippen LogP contribution in [0.25, 0.3) is 16.7 Å². The van der Waals surface area contributed by atoms with Crippen molar-refractivity contribution in [3.8, 4) is 0 Å². The number of benzene rings is 1. The van der Waals surface area contributed by atoms with E-state index in [1.807, 2.05) is 24.3 Å². The highest BCUT2D eigenvalue weighted by atomic mass is 16.1. The van der Waals surface area contributed by atoms with E-state index in [1.165, 1.54) is 0 Å². The molecule has 1 aromatic carbocycles. The zero-order valence-electron chi connectivity index (χ0n) is 10.8. The Labute approximate surface area is 105 Å². The van der Waals surface area contributed by atoms with E-state index in [4.69, 9.17) is 0 Å². The van der Waals surface area contributed by atoms with Crippen LogP contribution in [0.2, 0.25) is 0 Å². The fourth-order valence-corrected chi connectivity index (χ4v) is 2.69. The first-order valence-corrected chi connectivity index (χ1v) is 6.17. The Morgan fingerprint density at radius 2 is 2.06 bits per heavy atom. The molecular weight excluding hydrogens is 226 g/mol. The molecule has 3 aromatic rings. The average Bonchev–Trinajstić information content (AvgIpc) is 2.81. The van der Waals surface area contributed by atoms with E-state index in [2.05, 4.69) is 29.1 Å². The number of hydrogen-bond donors (Lipinski definition) is 0. The van der Waals surface area contributed by atoms with E-state index in [9.17, 15) is 4.79 Å². The fraction of sp³-hybridized carbons (Fsp3) is 0.286. The zero-order chi connectivity index (χ0) is 12.9. The highest BCUT2D eigenvalue weighted by Crippen LogP contribution is 2.17. The quantitative estimate of drug-likeness (QED) is 0.602. The molecule has 3 rings (SSSR count). The lowest BCUT2D eigenvalue weighted by Crippen LogP contribution is -2.32. The number of aromatic nitrogens is 3. The molecule has 0 unspecified atom stereocenters. The van der Waals surface area contributed by atoms with Gasteiger partial charge in [-0.05, 0) is 26.0 Å². The second-order valence-corrected chi connectivity index (χ2v) is 4.51. The lowest BCUT2D eigenvalue weighted by molar-refractivity contribution is -0.583.